The van der Waals surface area contributed by atoms with E-state index < -0.39 is 0 Å². The number of amides is 1. The molecular formula is C15H26Cl2N4O. The molecule has 7 heteroatoms. The maximum absolute atomic E-state index is 12.0. The fourth-order valence-electron chi connectivity index (χ4n) is 2.24. The average molecular weight is 349 g/mol. The third-order valence-electron chi connectivity index (χ3n) is 3.63. The Morgan fingerprint density at radius 3 is 2.55 bits per heavy atom. The minimum absolute atomic E-state index is 0. The molecule has 0 atom stereocenters. The van der Waals surface area contributed by atoms with Crippen molar-refractivity contribution in [2.24, 2.45) is 5.92 Å². The van der Waals surface area contributed by atoms with Gasteiger partial charge in [-0.05, 0) is 25.5 Å². The third-order valence-corrected chi connectivity index (χ3v) is 3.63. The number of carbonyl (C=O) groups excluding carboxylic acids is 1. The molecule has 2 heterocycles. The molecule has 0 aliphatic carbocycles. The number of hydrogen-bond acceptors (Lipinski definition) is 4. The van der Waals surface area contributed by atoms with Crippen LogP contribution in [0.15, 0.2) is 18.3 Å². The van der Waals surface area contributed by atoms with Gasteiger partial charge in [0.05, 0.1) is 5.56 Å². The van der Waals surface area contributed by atoms with Crippen LogP contribution in [0.4, 0.5) is 5.82 Å². The normalized spacial score (nSPS) is 13.4. The van der Waals surface area contributed by atoms with Crippen molar-refractivity contribution in [3.8, 4) is 0 Å². The molecule has 1 aliphatic heterocycles. The number of anilines is 1. The molecule has 0 aromatic carbocycles. The molecule has 5 nitrogen and oxygen atoms in total. The fraction of sp³-hybridized carbons (Fsp3) is 0.600. The zero-order chi connectivity index (χ0) is 14.4. The van der Waals surface area contributed by atoms with Crippen LogP contribution in [-0.4, -0.2) is 43.6 Å². The summed E-state index contributed by atoms with van der Waals surface area (Å²) in [5.74, 6) is 1.48. The molecular weight excluding hydrogens is 323 g/mol. The Balaban J connectivity index is 0.00000220. The van der Waals surface area contributed by atoms with Crippen LogP contribution in [0.5, 0.6) is 0 Å². The van der Waals surface area contributed by atoms with Gasteiger partial charge in [0.2, 0.25) is 0 Å². The van der Waals surface area contributed by atoms with E-state index in [1.807, 2.05) is 12.1 Å². The van der Waals surface area contributed by atoms with Crippen molar-refractivity contribution in [3.63, 3.8) is 0 Å². The van der Waals surface area contributed by atoms with Crippen LogP contribution < -0.4 is 15.5 Å². The van der Waals surface area contributed by atoms with E-state index in [4.69, 9.17) is 0 Å². The Labute approximate surface area is 145 Å². The van der Waals surface area contributed by atoms with Gasteiger partial charge in [-0.3, -0.25) is 4.79 Å². The largest absolute Gasteiger partial charge is 0.357 e. The summed E-state index contributed by atoms with van der Waals surface area (Å²) in [5.41, 5.74) is 0.633. The van der Waals surface area contributed by atoms with Gasteiger partial charge in [0, 0.05) is 44.8 Å². The van der Waals surface area contributed by atoms with E-state index in [1.54, 1.807) is 6.20 Å². The maximum atomic E-state index is 12.0. The lowest BCUT2D eigenvalue weighted by Crippen LogP contribution is -2.48. The van der Waals surface area contributed by atoms with Crippen LogP contribution in [0.25, 0.3) is 0 Å². The highest BCUT2D eigenvalue weighted by Gasteiger charge is 2.17. The fourth-order valence-corrected chi connectivity index (χ4v) is 2.24. The quantitative estimate of drug-likeness (QED) is 0.792. The lowest BCUT2D eigenvalue weighted by Gasteiger charge is -2.27. The summed E-state index contributed by atoms with van der Waals surface area (Å²) >= 11 is 0. The standard InChI is InChI=1S/C15H24N4O.2ClH/c1-3-7-19(4-2)14-6-5-13(11-17-14)15(20)18-10-12-8-16-9-12;;/h5-6,11-12,16H,3-4,7-10H2,1-2H3,(H,18,20);2*1H. The van der Waals surface area contributed by atoms with E-state index in [2.05, 4.69) is 34.4 Å². The molecule has 1 saturated heterocycles. The van der Waals surface area contributed by atoms with Gasteiger partial charge < -0.3 is 15.5 Å². The van der Waals surface area contributed by atoms with Crippen LogP contribution in [-0.2, 0) is 0 Å². The number of pyridine rings is 1. The Bertz CT molecular complexity index is 438. The van der Waals surface area contributed by atoms with Gasteiger partial charge in [0.15, 0.2) is 0 Å². The number of aromatic nitrogens is 1. The van der Waals surface area contributed by atoms with Gasteiger partial charge >= 0.3 is 0 Å². The first kappa shape index (κ1) is 21.0. The minimum Gasteiger partial charge on any atom is -0.357 e. The highest BCUT2D eigenvalue weighted by atomic mass is 35.5. The van der Waals surface area contributed by atoms with Crippen LogP contribution in [0.3, 0.4) is 0 Å². The summed E-state index contributed by atoms with van der Waals surface area (Å²) in [7, 11) is 0. The van der Waals surface area contributed by atoms with E-state index in [1.165, 1.54) is 0 Å². The molecule has 1 amide bonds. The van der Waals surface area contributed by atoms with Crippen LogP contribution in [0.2, 0.25) is 0 Å². The summed E-state index contributed by atoms with van der Waals surface area (Å²) in [6, 6.07) is 3.79. The van der Waals surface area contributed by atoms with Gasteiger partial charge in [0.25, 0.3) is 5.91 Å². The zero-order valence-electron chi connectivity index (χ0n) is 13.2. The number of halogens is 2. The third kappa shape index (κ3) is 5.63. The van der Waals surface area contributed by atoms with Crippen molar-refractivity contribution in [1.29, 1.82) is 0 Å². The van der Waals surface area contributed by atoms with E-state index in [-0.39, 0.29) is 30.7 Å². The Morgan fingerprint density at radius 1 is 1.36 bits per heavy atom. The number of hydrogen-bond donors (Lipinski definition) is 2. The molecule has 1 aromatic heterocycles. The molecule has 0 unspecified atom stereocenters. The van der Waals surface area contributed by atoms with Crippen molar-refractivity contribution in [1.82, 2.24) is 15.6 Å². The summed E-state index contributed by atoms with van der Waals surface area (Å²) in [6.45, 7) is 8.93. The molecule has 0 spiro atoms. The average Bonchev–Trinajstić information content (AvgIpc) is 2.43. The molecule has 2 rings (SSSR count). The summed E-state index contributed by atoms with van der Waals surface area (Å²) in [6.07, 6.45) is 2.76. The van der Waals surface area contributed by atoms with Crippen molar-refractivity contribution < 1.29 is 4.79 Å². The van der Waals surface area contributed by atoms with Gasteiger partial charge in [-0.25, -0.2) is 4.98 Å². The first-order chi connectivity index (χ1) is 9.74. The molecule has 0 radical (unpaired) electrons. The second kappa shape index (κ2) is 10.6. The van der Waals surface area contributed by atoms with E-state index in [0.717, 1.165) is 45.0 Å². The lowest BCUT2D eigenvalue weighted by atomic mass is 10.0. The highest BCUT2D eigenvalue weighted by molar-refractivity contribution is 5.94. The second-order valence-corrected chi connectivity index (χ2v) is 5.22. The predicted octanol–water partition coefficient (Wildman–Crippen LogP) is 2.11. The summed E-state index contributed by atoms with van der Waals surface area (Å²) < 4.78 is 0. The number of rotatable bonds is 7. The van der Waals surface area contributed by atoms with Gasteiger partial charge in [-0.1, -0.05) is 6.92 Å². The van der Waals surface area contributed by atoms with E-state index in [0.29, 0.717) is 11.5 Å². The smallest absolute Gasteiger partial charge is 0.252 e. The monoisotopic (exact) mass is 348 g/mol. The molecule has 1 aromatic rings. The predicted molar refractivity (Wildman–Crippen MR) is 95.6 cm³/mol. The molecule has 22 heavy (non-hydrogen) atoms. The maximum Gasteiger partial charge on any atom is 0.252 e. The van der Waals surface area contributed by atoms with Gasteiger partial charge in [-0.15, -0.1) is 24.8 Å². The molecule has 0 bridgehead atoms. The summed E-state index contributed by atoms with van der Waals surface area (Å²) in [5, 5.41) is 6.15. The van der Waals surface area contributed by atoms with E-state index >= 15 is 0 Å². The molecule has 0 saturated carbocycles. The number of carbonyl (C=O) groups is 1. The van der Waals surface area contributed by atoms with E-state index in [9.17, 15) is 4.79 Å². The minimum atomic E-state index is -0.0329. The van der Waals surface area contributed by atoms with Crippen molar-refractivity contribution in [2.75, 3.05) is 37.6 Å². The Kier molecular flexibility index (Phi) is 10.1. The van der Waals surface area contributed by atoms with Crippen molar-refractivity contribution in [2.45, 2.75) is 20.3 Å². The van der Waals surface area contributed by atoms with Crippen molar-refractivity contribution >= 4 is 36.5 Å². The van der Waals surface area contributed by atoms with Crippen LogP contribution in [0.1, 0.15) is 30.6 Å². The Morgan fingerprint density at radius 2 is 2.09 bits per heavy atom. The van der Waals surface area contributed by atoms with Gasteiger partial charge in [0.1, 0.15) is 5.82 Å². The van der Waals surface area contributed by atoms with Crippen LogP contribution in [0, 0.1) is 5.92 Å². The Hall–Kier alpha value is -1.04. The summed E-state index contributed by atoms with van der Waals surface area (Å²) in [4.78, 5) is 18.6. The molecule has 1 aliphatic rings. The first-order valence-corrected chi connectivity index (χ1v) is 7.44. The number of nitrogens with one attached hydrogen (secondary N) is 2. The molecule has 2 N–H and O–H groups in total. The topological polar surface area (TPSA) is 57.3 Å². The highest BCUT2D eigenvalue weighted by Crippen LogP contribution is 2.11. The number of nitrogens with zero attached hydrogens (tertiary/aromatic N) is 2. The molecule has 1 fully saturated rings. The van der Waals surface area contributed by atoms with Crippen molar-refractivity contribution in [3.05, 3.63) is 23.9 Å². The zero-order valence-corrected chi connectivity index (χ0v) is 14.8. The lowest BCUT2D eigenvalue weighted by molar-refractivity contribution is 0.0942. The first-order valence-electron chi connectivity index (χ1n) is 7.44. The second-order valence-electron chi connectivity index (χ2n) is 5.22. The SMILES string of the molecule is CCCN(CC)c1ccc(C(=O)NCC2CNC2)cn1.Cl.Cl. The van der Waals surface area contributed by atoms with Gasteiger partial charge in [-0.2, -0.15) is 0 Å². The molecule has 126 valence electrons. The van der Waals surface area contributed by atoms with Crippen LogP contribution >= 0.6 is 24.8 Å².